The monoisotopic (exact) mass is 883 g/mol. The van der Waals surface area contributed by atoms with E-state index in [2.05, 4.69) is 235 Å². The SMILES string of the molecule is C=C/C(=C\c1c(C)n(-c2c(-c3ccccc3)cc(-c3nc(-c4ccccc4)nc(-c4ccc(-c5ccccc5)cc4)n3)cc2-c2ccccc2)c2ccccc12)n1c2ccccc2c2ccccc21. The van der Waals surface area contributed by atoms with E-state index in [0.29, 0.717) is 17.5 Å². The third-order valence-electron chi connectivity index (χ3n) is 13.2. The first kappa shape index (κ1) is 41.3. The lowest BCUT2D eigenvalue weighted by molar-refractivity contribution is 1.05. The molecule has 0 aliphatic carbocycles. The van der Waals surface area contributed by atoms with Crippen LogP contribution in [0.2, 0.25) is 0 Å². The number of para-hydroxylation sites is 3. The Morgan fingerprint density at radius 1 is 0.391 bits per heavy atom. The van der Waals surface area contributed by atoms with Crippen LogP contribution in [0.4, 0.5) is 0 Å². The Labute approximate surface area is 401 Å². The first-order valence-electron chi connectivity index (χ1n) is 23.3. The van der Waals surface area contributed by atoms with Gasteiger partial charge in [0.1, 0.15) is 0 Å². The summed E-state index contributed by atoms with van der Waals surface area (Å²) < 4.78 is 4.79. The van der Waals surface area contributed by atoms with Crippen molar-refractivity contribution in [2.24, 2.45) is 0 Å². The topological polar surface area (TPSA) is 48.5 Å². The third-order valence-corrected chi connectivity index (χ3v) is 13.2. The highest BCUT2D eigenvalue weighted by atomic mass is 15.0. The van der Waals surface area contributed by atoms with Crippen LogP contribution in [0.25, 0.3) is 118 Å². The van der Waals surface area contributed by atoms with Crippen LogP contribution in [0.15, 0.2) is 243 Å². The molecule has 0 fully saturated rings. The number of nitrogens with zero attached hydrogens (tertiary/aromatic N) is 5. The van der Waals surface area contributed by atoms with Crippen LogP contribution in [0.5, 0.6) is 0 Å². The summed E-state index contributed by atoms with van der Waals surface area (Å²) in [7, 11) is 0. The van der Waals surface area contributed by atoms with Gasteiger partial charge in [-0.25, -0.2) is 15.0 Å². The summed E-state index contributed by atoms with van der Waals surface area (Å²) in [4.78, 5) is 15.7. The molecule has 0 radical (unpaired) electrons. The quantitative estimate of drug-likeness (QED) is 0.129. The summed E-state index contributed by atoms with van der Waals surface area (Å²) >= 11 is 0. The lowest BCUT2D eigenvalue weighted by Crippen LogP contribution is -2.05. The smallest absolute Gasteiger partial charge is 0.164 e. The van der Waals surface area contributed by atoms with Crippen molar-refractivity contribution in [2.45, 2.75) is 6.92 Å². The average Bonchev–Trinajstić information content (AvgIpc) is 3.91. The molecule has 3 aromatic heterocycles. The van der Waals surface area contributed by atoms with Crippen molar-refractivity contribution in [3.05, 3.63) is 254 Å². The second kappa shape index (κ2) is 17.6. The molecule has 326 valence electrons. The molecular weight excluding hydrogens is 839 g/mol. The molecule has 12 rings (SSSR count). The van der Waals surface area contributed by atoms with E-state index in [-0.39, 0.29) is 0 Å². The first-order chi connectivity index (χ1) is 34.1. The third kappa shape index (κ3) is 7.43. The van der Waals surface area contributed by atoms with Gasteiger partial charge in [0.05, 0.1) is 22.2 Å². The van der Waals surface area contributed by atoms with Crippen LogP contribution in [0, 0.1) is 6.92 Å². The zero-order valence-corrected chi connectivity index (χ0v) is 38.0. The van der Waals surface area contributed by atoms with Gasteiger partial charge in [-0.1, -0.05) is 207 Å². The van der Waals surface area contributed by atoms with E-state index in [9.17, 15) is 0 Å². The van der Waals surface area contributed by atoms with Gasteiger partial charge in [0.15, 0.2) is 17.5 Å². The molecule has 0 spiro atoms. The van der Waals surface area contributed by atoms with E-state index >= 15 is 0 Å². The van der Waals surface area contributed by atoms with Gasteiger partial charge in [0, 0.05) is 60.9 Å². The lowest BCUT2D eigenvalue weighted by atomic mass is 9.92. The van der Waals surface area contributed by atoms with Crippen LogP contribution >= 0.6 is 0 Å². The number of benzene rings is 9. The summed E-state index contributed by atoms with van der Waals surface area (Å²) in [6.45, 7) is 6.64. The molecule has 69 heavy (non-hydrogen) atoms. The average molecular weight is 884 g/mol. The van der Waals surface area contributed by atoms with Crippen molar-refractivity contribution in [1.82, 2.24) is 24.1 Å². The summed E-state index contributed by atoms with van der Waals surface area (Å²) in [5, 5.41) is 3.56. The maximum Gasteiger partial charge on any atom is 0.164 e. The van der Waals surface area contributed by atoms with Gasteiger partial charge in [-0.05, 0) is 71.7 Å². The Hall–Kier alpha value is -9.19. The molecule has 0 aliphatic rings. The van der Waals surface area contributed by atoms with E-state index in [4.69, 9.17) is 15.0 Å². The second-order valence-corrected chi connectivity index (χ2v) is 17.3. The fourth-order valence-corrected chi connectivity index (χ4v) is 9.90. The summed E-state index contributed by atoms with van der Waals surface area (Å²) in [6.07, 6.45) is 4.29. The number of fused-ring (bicyclic) bond motifs is 4. The van der Waals surface area contributed by atoms with Crippen molar-refractivity contribution in [2.75, 3.05) is 0 Å². The fraction of sp³-hybridized carbons (Fsp3) is 0.0156. The molecule has 12 aromatic rings. The molecule has 0 saturated heterocycles. The second-order valence-electron chi connectivity index (χ2n) is 17.3. The maximum atomic E-state index is 5.31. The highest BCUT2D eigenvalue weighted by molar-refractivity contribution is 6.12. The number of rotatable bonds is 10. The summed E-state index contributed by atoms with van der Waals surface area (Å²) in [5.41, 5.74) is 16.9. The van der Waals surface area contributed by atoms with E-state index in [1.54, 1.807) is 0 Å². The molecule has 0 unspecified atom stereocenters. The van der Waals surface area contributed by atoms with Crippen LogP contribution in [-0.4, -0.2) is 24.1 Å². The fourth-order valence-electron chi connectivity index (χ4n) is 9.90. The molecule has 3 heterocycles. The van der Waals surface area contributed by atoms with E-state index < -0.39 is 0 Å². The van der Waals surface area contributed by atoms with Crippen molar-refractivity contribution in [3.63, 3.8) is 0 Å². The van der Waals surface area contributed by atoms with Crippen molar-refractivity contribution in [1.29, 1.82) is 0 Å². The molecular formula is C64H45N5. The van der Waals surface area contributed by atoms with Crippen LogP contribution < -0.4 is 0 Å². The largest absolute Gasteiger partial charge is 0.312 e. The maximum absolute atomic E-state index is 5.31. The van der Waals surface area contributed by atoms with Gasteiger partial charge in [-0.15, -0.1) is 0 Å². The summed E-state index contributed by atoms with van der Waals surface area (Å²) in [5.74, 6) is 1.81. The van der Waals surface area contributed by atoms with E-state index in [1.165, 1.54) is 10.8 Å². The number of allylic oxidation sites excluding steroid dienone is 2. The van der Waals surface area contributed by atoms with E-state index in [0.717, 1.165) is 94.6 Å². The molecule has 9 aromatic carbocycles. The molecule has 0 bridgehead atoms. The molecule has 5 heteroatoms. The number of hydrogen-bond donors (Lipinski definition) is 0. The van der Waals surface area contributed by atoms with Crippen molar-refractivity contribution < 1.29 is 0 Å². The minimum atomic E-state index is 0.589. The van der Waals surface area contributed by atoms with Gasteiger partial charge in [-0.3, -0.25) is 0 Å². The van der Waals surface area contributed by atoms with Crippen molar-refractivity contribution in [3.8, 4) is 73.2 Å². The molecule has 0 aliphatic heterocycles. The normalized spacial score (nSPS) is 11.7. The standard InChI is InChI=1S/C64H45N5/c1-3-51(69-59-34-20-16-30-52(59)53-31-17-21-35-60(53)69)42-55-43(2)68(58-33-19-18-32-54(55)58)61-56(46-24-10-5-11-25-46)40-50(41-57(61)47-26-12-6-13-27-47)64-66-62(48-28-14-7-15-29-48)65-63(67-64)49-38-36-45(37-39-49)44-22-8-4-9-23-44/h3-42H,1H2,2H3/b51-42+. The zero-order chi connectivity index (χ0) is 46.3. The molecule has 5 nitrogen and oxygen atoms in total. The highest BCUT2D eigenvalue weighted by Crippen LogP contribution is 2.44. The van der Waals surface area contributed by atoms with Gasteiger partial charge < -0.3 is 9.13 Å². The molecule has 0 amide bonds. The van der Waals surface area contributed by atoms with Crippen molar-refractivity contribution >= 4 is 44.5 Å². The molecule has 0 atom stereocenters. The van der Waals surface area contributed by atoms with Gasteiger partial charge in [0.2, 0.25) is 0 Å². The van der Waals surface area contributed by atoms with Gasteiger partial charge in [-0.2, -0.15) is 0 Å². The minimum Gasteiger partial charge on any atom is -0.312 e. The molecule has 0 N–H and O–H groups in total. The lowest BCUT2D eigenvalue weighted by Gasteiger charge is -2.21. The Balaban J connectivity index is 1.11. The number of hydrogen-bond acceptors (Lipinski definition) is 3. The minimum absolute atomic E-state index is 0.589. The van der Waals surface area contributed by atoms with Crippen LogP contribution in [-0.2, 0) is 0 Å². The zero-order valence-electron chi connectivity index (χ0n) is 38.0. The first-order valence-corrected chi connectivity index (χ1v) is 23.3. The Morgan fingerprint density at radius 3 is 1.28 bits per heavy atom. The predicted molar refractivity (Wildman–Crippen MR) is 288 cm³/mol. The Morgan fingerprint density at radius 2 is 0.768 bits per heavy atom. The van der Waals surface area contributed by atoms with Crippen LogP contribution in [0.1, 0.15) is 11.3 Å². The Bertz CT molecular complexity index is 3770. The summed E-state index contributed by atoms with van der Waals surface area (Å²) in [6, 6.07) is 81.0. The van der Waals surface area contributed by atoms with Gasteiger partial charge >= 0.3 is 0 Å². The highest BCUT2D eigenvalue weighted by Gasteiger charge is 2.24. The van der Waals surface area contributed by atoms with E-state index in [1.807, 2.05) is 30.3 Å². The predicted octanol–water partition coefficient (Wildman–Crippen LogP) is 16.4. The van der Waals surface area contributed by atoms with Crippen LogP contribution in [0.3, 0.4) is 0 Å². The molecule has 0 saturated carbocycles. The van der Waals surface area contributed by atoms with Gasteiger partial charge in [0.25, 0.3) is 0 Å². The number of aromatic nitrogens is 5. The Kier molecular flexibility index (Phi) is 10.5.